The van der Waals surface area contributed by atoms with E-state index < -0.39 is 29.6 Å². The van der Waals surface area contributed by atoms with Crippen molar-refractivity contribution in [1.82, 2.24) is 10.6 Å². The van der Waals surface area contributed by atoms with E-state index in [2.05, 4.69) is 10.6 Å². The molecular formula is C18H23N3O5S. The second kappa shape index (κ2) is 8.43. The van der Waals surface area contributed by atoms with Crippen LogP contribution in [-0.2, 0) is 19.1 Å². The molecule has 9 heteroatoms. The summed E-state index contributed by atoms with van der Waals surface area (Å²) >= 11 is 1.41. The summed E-state index contributed by atoms with van der Waals surface area (Å²) in [5, 5.41) is 4.69. The Kier molecular flexibility index (Phi) is 6.48. The van der Waals surface area contributed by atoms with Crippen LogP contribution in [0.3, 0.4) is 0 Å². The maximum atomic E-state index is 12.2. The number of thioether (sulfide) groups is 1. The molecule has 1 heterocycles. The van der Waals surface area contributed by atoms with E-state index in [-0.39, 0.29) is 18.2 Å². The van der Waals surface area contributed by atoms with Crippen molar-refractivity contribution in [2.75, 3.05) is 17.2 Å². The minimum absolute atomic E-state index is 0.211. The molecule has 1 aromatic carbocycles. The first-order chi connectivity index (χ1) is 12.6. The van der Waals surface area contributed by atoms with Crippen LogP contribution in [0.2, 0.25) is 0 Å². The molecule has 2 N–H and O–H groups in total. The molecule has 1 aliphatic rings. The van der Waals surface area contributed by atoms with Crippen LogP contribution in [0.15, 0.2) is 29.2 Å². The van der Waals surface area contributed by atoms with E-state index in [0.29, 0.717) is 5.69 Å². The predicted octanol–water partition coefficient (Wildman–Crippen LogP) is 1.68. The van der Waals surface area contributed by atoms with Crippen molar-refractivity contribution >= 4 is 41.3 Å². The summed E-state index contributed by atoms with van der Waals surface area (Å²) in [4.78, 5) is 50.3. The lowest BCUT2D eigenvalue weighted by Gasteiger charge is -2.28. The van der Waals surface area contributed by atoms with E-state index in [0.717, 1.165) is 4.90 Å². The normalized spacial score (nSPS) is 14.8. The summed E-state index contributed by atoms with van der Waals surface area (Å²) < 4.78 is 5.08. The summed E-state index contributed by atoms with van der Waals surface area (Å²) in [5.41, 5.74) is 0.127. The lowest BCUT2D eigenvalue weighted by Crippen LogP contribution is -2.51. The fraction of sp³-hybridized carbons (Fsp3) is 0.444. The number of hydrogen-bond acceptors (Lipinski definition) is 6. The van der Waals surface area contributed by atoms with Gasteiger partial charge in [-0.1, -0.05) is 12.1 Å². The minimum atomic E-state index is -1.17. The molecule has 0 saturated carbocycles. The van der Waals surface area contributed by atoms with Crippen molar-refractivity contribution in [3.05, 3.63) is 24.3 Å². The van der Waals surface area contributed by atoms with Crippen LogP contribution >= 0.6 is 11.8 Å². The molecule has 0 saturated heterocycles. The van der Waals surface area contributed by atoms with Gasteiger partial charge in [0.25, 0.3) is 5.91 Å². The first kappa shape index (κ1) is 20.8. The molecular weight excluding hydrogens is 370 g/mol. The van der Waals surface area contributed by atoms with Crippen molar-refractivity contribution in [3.8, 4) is 0 Å². The Morgan fingerprint density at radius 3 is 2.59 bits per heavy atom. The predicted molar refractivity (Wildman–Crippen MR) is 102 cm³/mol. The van der Waals surface area contributed by atoms with Crippen LogP contribution in [0.1, 0.15) is 27.7 Å². The van der Waals surface area contributed by atoms with Crippen molar-refractivity contribution in [3.63, 3.8) is 0 Å². The molecule has 1 aliphatic heterocycles. The molecule has 0 aliphatic carbocycles. The van der Waals surface area contributed by atoms with E-state index in [4.69, 9.17) is 4.74 Å². The molecule has 1 atom stereocenters. The molecule has 0 unspecified atom stereocenters. The number of nitrogens with zero attached hydrogens (tertiary/aromatic N) is 1. The Morgan fingerprint density at radius 2 is 1.93 bits per heavy atom. The molecule has 146 valence electrons. The van der Waals surface area contributed by atoms with Crippen molar-refractivity contribution < 1.29 is 23.9 Å². The number of hydrogen-bond donors (Lipinski definition) is 2. The van der Waals surface area contributed by atoms with Crippen molar-refractivity contribution in [1.29, 1.82) is 0 Å². The van der Waals surface area contributed by atoms with Crippen molar-refractivity contribution in [2.24, 2.45) is 0 Å². The van der Waals surface area contributed by atoms with Gasteiger partial charge in [-0.2, -0.15) is 0 Å². The second-order valence-corrected chi connectivity index (χ2v) is 8.08. The number of para-hydroxylation sites is 1. The maximum absolute atomic E-state index is 12.2. The third kappa shape index (κ3) is 5.99. The standard InChI is InChI=1S/C18H23N3O5S/c1-11(16(24)19-17(25)20-18(2,3)4)26-15(23)9-21-12-7-5-6-8-13(12)27-10-14(21)22/h5-8,11H,9-10H2,1-4H3,(H2,19,20,24,25)/t11-/m0/s1. The van der Waals surface area contributed by atoms with E-state index >= 15 is 0 Å². The van der Waals surface area contributed by atoms with Crippen LogP contribution in [0.25, 0.3) is 0 Å². The largest absolute Gasteiger partial charge is 0.451 e. The average molecular weight is 393 g/mol. The zero-order valence-corrected chi connectivity index (χ0v) is 16.5. The van der Waals surface area contributed by atoms with Gasteiger partial charge >= 0.3 is 12.0 Å². The smallest absolute Gasteiger partial charge is 0.326 e. The third-order valence-corrected chi connectivity index (χ3v) is 4.55. The number of carbonyl (C=O) groups excluding carboxylic acids is 4. The van der Waals surface area contributed by atoms with Gasteiger partial charge in [-0.25, -0.2) is 4.79 Å². The molecule has 0 fully saturated rings. The molecule has 4 amide bonds. The quantitative estimate of drug-likeness (QED) is 0.754. The molecule has 8 nitrogen and oxygen atoms in total. The highest BCUT2D eigenvalue weighted by Crippen LogP contribution is 2.34. The summed E-state index contributed by atoms with van der Waals surface area (Å²) in [6.07, 6.45) is -1.17. The highest BCUT2D eigenvalue weighted by molar-refractivity contribution is 8.00. The lowest BCUT2D eigenvalue weighted by molar-refractivity contribution is -0.153. The number of imide groups is 1. The summed E-state index contributed by atoms with van der Waals surface area (Å²) in [6, 6.07) is 6.58. The van der Waals surface area contributed by atoms with E-state index in [1.807, 2.05) is 12.1 Å². The third-order valence-electron chi connectivity index (χ3n) is 3.50. The molecule has 1 aromatic rings. The van der Waals surface area contributed by atoms with Gasteiger partial charge in [-0.3, -0.25) is 24.6 Å². The Balaban J connectivity index is 1.92. The van der Waals surface area contributed by atoms with E-state index in [9.17, 15) is 19.2 Å². The van der Waals surface area contributed by atoms with E-state index in [1.165, 1.54) is 23.6 Å². The number of esters is 1. The Bertz CT molecular complexity index is 760. The number of urea groups is 1. The van der Waals surface area contributed by atoms with Crippen LogP contribution in [0.5, 0.6) is 0 Å². The molecule has 0 spiro atoms. The first-order valence-electron chi connectivity index (χ1n) is 8.41. The van der Waals surface area contributed by atoms with Gasteiger partial charge in [0.15, 0.2) is 6.10 Å². The Hall–Kier alpha value is -2.55. The number of nitrogens with one attached hydrogen (secondary N) is 2. The van der Waals surface area contributed by atoms with Gasteiger partial charge in [0.2, 0.25) is 5.91 Å². The summed E-state index contributed by atoms with van der Waals surface area (Å²) in [7, 11) is 0. The number of anilines is 1. The molecule has 0 radical (unpaired) electrons. The molecule has 0 aromatic heterocycles. The number of fused-ring (bicyclic) bond motifs is 1. The Labute approximate surface area is 162 Å². The Morgan fingerprint density at radius 1 is 1.26 bits per heavy atom. The number of benzene rings is 1. The van der Waals surface area contributed by atoms with Crippen molar-refractivity contribution in [2.45, 2.75) is 44.2 Å². The van der Waals surface area contributed by atoms with Gasteiger partial charge < -0.3 is 10.1 Å². The number of carbonyl (C=O) groups is 4. The van der Waals surface area contributed by atoms with Crippen LogP contribution in [0.4, 0.5) is 10.5 Å². The monoisotopic (exact) mass is 393 g/mol. The summed E-state index contributed by atoms with van der Waals surface area (Å²) in [5.74, 6) is -1.46. The zero-order valence-electron chi connectivity index (χ0n) is 15.7. The van der Waals surface area contributed by atoms with Crippen LogP contribution in [0, 0.1) is 0 Å². The molecule has 27 heavy (non-hydrogen) atoms. The van der Waals surface area contributed by atoms with Gasteiger partial charge in [-0.05, 0) is 39.8 Å². The SMILES string of the molecule is C[C@H](OC(=O)CN1C(=O)CSc2ccccc21)C(=O)NC(=O)NC(C)(C)C. The highest BCUT2D eigenvalue weighted by Gasteiger charge is 2.28. The fourth-order valence-electron chi connectivity index (χ4n) is 2.33. The number of amides is 4. The van der Waals surface area contributed by atoms with E-state index in [1.54, 1.807) is 32.9 Å². The average Bonchev–Trinajstić information content (AvgIpc) is 2.55. The second-order valence-electron chi connectivity index (χ2n) is 7.06. The first-order valence-corrected chi connectivity index (χ1v) is 9.40. The maximum Gasteiger partial charge on any atom is 0.326 e. The minimum Gasteiger partial charge on any atom is -0.451 e. The van der Waals surface area contributed by atoms with Gasteiger partial charge in [0.1, 0.15) is 6.54 Å². The molecule has 2 rings (SSSR count). The summed E-state index contributed by atoms with van der Waals surface area (Å²) in [6.45, 7) is 6.37. The zero-order chi connectivity index (χ0) is 20.2. The van der Waals surface area contributed by atoms with Gasteiger partial charge in [0.05, 0.1) is 11.4 Å². The van der Waals surface area contributed by atoms with Gasteiger partial charge in [0, 0.05) is 10.4 Å². The van der Waals surface area contributed by atoms with Gasteiger partial charge in [-0.15, -0.1) is 11.8 Å². The lowest BCUT2D eigenvalue weighted by atomic mass is 10.1. The topological polar surface area (TPSA) is 105 Å². The van der Waals surface area contributed by atoms with Crippen LogP contribution in [-0.4, -0.2) is 47.8 Å². The fourth-order valence-corrected chi connectivity index (χ4v) is 3.27. The highest BCUT2D eigenvalue weighted by atomic mass is 32.2. The van der Waals surface area contributed by atoms with Crippen LogP contribution < -0.4 is 15.5 Å². The number of ether oxygens (including phenoxy) is 1. The number of rotatable bonds is 4. The molecule has 0 bridgehead atoms.